The molecule has 0 unspecified atom stereocenters. The first-order chi connectivity index (χ1) is 13.1. The van der Waals surface area contributed by atoms with Crippen LogP contribution < -0.4 is 10.7 Å². The van der Waals surface area contributed by atoms with Crippen molar-refractivity contribution in [2.45, 2.75) is 32.4 Å². The van der Waals surface area contributed by atoms with Crippen molar-refractivity contribution >= 4 is 23.7 Å². The van der Waals surface area contributed by atoms with Gasteiger partial charge in [0, 0.05) is 5.69 Å². The van der Waals surface area contributed by atoms with Crippen LogP contribution in [0.25, 0.3) is 0 Å². The van der Waals surface area contributed by atoms with E-state index in [0.29, 0.717) is 5.92 Å². The Kier molecular flexibility index (Phi) is 6.92. The molecule has 2 N–H and O–H groups in total. The second kappa shape index (κ2) is 9.16. The molecule has 0 atom stereocenters. The van der Waals surface area contributed by atoms with E-state index >= 15 is 0 Å². The van der Waals surface area contributed by atoms with Crippen LogP contribution in [0.2, 0.25) is 0 Å². The Labute approximate surface area is 160 Å². The van der Waals surface area contributed by atoms with Gasteiger partial charge in [0.2, 0.25) is 11.8 Å². The summed E-state index contributed by atoms with van der Waals surface area (Å²) >= 11 is 0. The van der Waals surface area contributed by atoms with Crippen molar-refractivity contribution in [3.8, 4) is 0 Å². The highest BCUT2D eigenvalue weighted by Gasteiger charge is 2.30. The van der Waals surface area contributed by atoms with Gasteiger partial charge in [-0.2, -0.15) is 18.3 Å². The lowest BCUT2D eigenvalue weighted by atomic mass is 10.0. The zero-order chi connectivity index (χ0) is 20.7. The molecule has 0 fully saturated rings. The maximum absolute atomic E-state index is 12.7. The Morgan fingerprint density at radius 3 is 2.36 bits per heavy atom. The van der Waals surface area contributed by atoms with E-state index in [1.807, 2.05) is 24.3 Å². The molecule has 2 amide bonds. The Morgan fingerprint density at radius 2 is 1.75 bits per heavy atom. The predicted molar refractivity (Wildman–Crippen MR) is 101 cm³/mol. The van der Waals surface area contributed by atoms with Crippen molar-refractivity contribution in [1.29, 1.82) is 0 Å². The fourth-order valence-electron chi connectivity index (χ4n) is 2.31. The molecular weight excluding hydrogens is 371 g/mol. The molecule has 28 heavy (non-hydrogen) atoms. The number of halogens is 3. The van der Waals surface area contributed by atoms with E-state index in [9.17, 15) is 22.8 Å². The standard InChI is InChI=1S/C20H20F3N3O2/c1-13(2)15-8-6-14(7-9-15)12-24-26-19(28)11-18(27)25-17-5-3-4-16(10-17)20(21,22)23/h3-10,12-13H,11H2,1-2H3,(H,25,27)(H,26,28)/b24-12-. The number of hydrogen-bond donors (Lipinski definition) is 2. The van der Waals surface area contributed by atoms with Gasteiger partial charge in [-0.25, -0.2) is 5.43 Å². The van der Waals surface area contributed by atoms with E-state index in [1.54, 1.807) is 0 Å². The van der Waals surface area contributed by atoms with Crippen LogP contribution in [0.15, 0.2) is 53.6 Å². The summed E-state index contributed by atoms with van der Waals surface area (Å²) in [5.41, 5.74) is 3.23. The van der Waals surface area contributed by atoms with E-state index in [1.165, 1.54) is 23.9 Å². The number of nitrogens with zero attached hydrogens (tertiary/aromatic N) is 1. The number of nitrogens with one attached hydrogen (secondary N) is 2. The fourth-order valence-corrected chi connectivity index (χ4v) is 2.31. The number of hydrazone groups is 1. The SMILES string of the molecule is CC(C)c1ccc(/C=N\NC(=O)CC(=O)Nc2cccc(C(F)(F)F)c2)cc1. The number of anilines is 1. The van der Waals surface area contributed by atoms with Gasteiger partial charge in [-0.3, -0.25) is 9.59 Å². The first kappa shape index (κ1) is 21.1. The normalized spacial score (nSPS) is 11.6. The van der Waals surface area contributed by atoms with Gasteiger partial charge in [0.1, 0.15) is 6.42 Å². The minimum Gasteiger partial charge on any atom is -0.326 e. The molecule has 0 aliphatic carbocycles. The minimum absolute atomic E-state index is 0.0404. The zero-order valence-electron chi connectivity index (χ0n) is 15.4. The van der Waals surface area contributed by atoms with Crippen molar-refractivity contribution in [1.82, 2.24) is 5.43 Å². The maximum atomic E-state index is 12.7. The van der Waals surface area contributed by atoms with Crippen LogP contribution in [-0.2, 0) is 15.8 Å². The molecule has 0 aliphatic heterocycles. The second-order valence-electron chi connectivity index (χ2n) is 6.42. The quantitative estimate of drug-likeness (QED) is 0.438. The molecule has 0 heterocycles. The van der Waals surface area contributed by atoms with Gasteiger partial charge in [-0.05, 0) is 35.2 Å². The first-order valence-electron chi connectivity index (χ1n) is 8.54. The summed E-state index contributed by atoms with van der Waals surface area (Å²) in [6.07, 6.45) is -3.65. The van der Waals surface area contributed by atoms with E-state index in [-0.39, 0.29) is 5.69 Å². The Balaban J connectivity index is 1.85. The summed E-state index contributed by atoms with van der Waals surface area (Å²) in [6.45, 7) is 4.15. The topological polar surface area (TPSA) is 70.6 Å². The van der Waals surface area contributed by atoms with Crippen LogP contribution in [0, 0.1) is 0 Å². The van der Waals surface area contributed by atoms with Gasteiger partial charge in [0.25, 0.3) is 0 Å². The molecule has 0 spiro atoms. The highest BCUT2D eigenvalue weighted by Crippen LogP contribution is 2.30. The smallest absolute Gasteiger partial charge is 0.326 e. The van der Waals surface area contributed by atoms with Crippen LogP contribution in [0.3, 0.4) is 0 Å². The fraction of sp³-hybridized carbons (Fsp3) is 0.250. The second-order valence-corrected chi connectivity index (χ2v) is 6.42. The highest BCUT2D eigenvalue weighted by atomic mass is 19.4. The number of rotatable bonds is 6. The van der Waals surface area contributed by atoms with Crippen LogP contribution in [0.5, 0.6) is 0 Å². The third-order valence-corrected chi connectivity index (χ3v) is 3.80. The Bertz CT molecular complexity index is 860. The van der Waals surface area contributed by atoms with Crippen LogP contribution in [0.1, 0.15) is 42.9 Å². The molecule has 0 bridgehead atoms. The number of alkyl halides is 3. The molecule has 5 nitrogen and oxygen atoms in total. The van der Waals surface area contributed by atoms with Crippen molar-refractivity contribution in [3.05, 3.63) is 65.2 Å². The van der Waals surface area contributed by atoms with Gasteiger partial charge in [-0.1, -0.05) is 44.2 Å². The maximum Gasteiger partial charge on any atom is 0.416 e. The van der Waals surface area contributed by atoms with Crippen molar-refractivity contribution in [3.63, 3.8) is 0 Å². The summed E-state index contributed by atoms with van der Waals surface area (Å²) in [5, 5.41) is 6.03. The number of carbonyl (C=O) groups is 2. The predicted octanol–water partition coefficient (Wildman–Crippen LogP) is 4.31. The molecule has 0 saturated heterocycles. The molecule has 2 aromatic carbocycles. The number of carbonyl (C=O) groups excluding carboxylic acids is 2. The van der Waals surface area contributed by atoms with Crippen molar-refractivity contribution < 1.29 is 22.8 Å². The van der Waals surface area contributed by atoms with Gasteiger partial charge in [0.15, 0.2) is 0 Å². The lowest BCUT2D eigenvalue weighted by Crippen LogP contribution is -2.24. The Hall–Kier alpha value is -3.16. The summed E-state index contributed by atoms with van der Waals surface area (Å²) in [4.78, 5) is 23.6. The molecule has 0 radical (unpaired) electrons. The molecule has 2 aromatic rings. The third-order valence-electron chi connectivity index (χ3n) is 3.80. The van der Waals surface area contributed by atoms with E-state index < -0.39 is 30.0 Å². The van der Waals surface area contributed by atoms with Gasteiger partial charge < -0.3 is 5.32 Å². The highest BCUT2D eigenvalue weighted by molar-refractivity contribution is 6.03. The molecule has 0 aliphatic rings. The van der Waals surface area contributed by atoms with E-state index in [4.69, 9.17) is 0 Å². The third kappa shape index (κ3) is 6.53. The molecule has 8 heteroatoms. The average molecular weight is 391 g/mol. The summed E-state index contributed by atoms with van der Waals surface area (Å²) < 4.78 is 38.0. The lowest BCUT2D eigenvalue weighted by Gasteiger charge is -2.09. The van der Waals surface area contributed by atoms with Crippen molar-refractivity contribution in [2.75, 3.05) is 5.32 Å². The van der Waals surface area contributed by atoms with Crippen molar-refractivity contribution in [2.24, 2.45) is 5.10 Å². The summed E-state index contributed by atoms with van der Waals surface area (Å²) in [5.74, 6) is -1.02. The molecule has 0 aromatic heterocycles. The van der Waals surface area contributed by atoms with E-state index in [2.05, 4.69) is 29.7 Å². The Morgan fingerprint density at radius 1 is 1.07 bits per heavy atom. The van der Waals surface area contributed by atoms with Gasteiger partial charge >= 0.3 is 6.18 Å². The van der Waals surface area contributed by atoms with Gasteiger partial charge in [-0.15, -0.1) is 0 Å². The summed E-state index contributed by atoms with van der Waals surface area (Å²) in [6, 6.07) is 11.8. The average Bonchev–Trinajstić information content (AvgIpc) is 2.61. The van der Waals surface area contributed by atoms with Crippen LogP contribution in [-0.4, -0.2) is 18.0 Å². The molecule has 0 saturated carbocycles. The number of benzene rings is 2. The zero-order valence-corrected chi connectivity index (χ0v) is 15.4. The van der Waals surface area contributed by atoms with E-state index in [0.717, 1.165) is 17.7 Å². The van der Waals surface area contributed by atoms with Gasteiger partial charge in [0.05, 0.1) is 11.8 Å². The lowest BCUT2D eigenvalue weighted by molar-refractivity contribution is -0.137. The monoisotopic (exact) mass is 391 g/mol. The van der Waals surface area contributed by atoms with Crippen LogP contribution >= 0.6 is 0 Å². The molecular formula is C20H20F3N3O2. The molecule has 2 rings (SSSR count). The number of hydrogen-bond acceptors (Lipinski definition) is 3. The number of amides is 2. The molecule has 148 valence electrons. The largest absolute Gasteiger partial charge is 0.416 e. The summed E-state index contributed by atoms with van der Waals surface area (Å²) in [7, 11) is 0. The minimum atomic E-state index is -4.51. The van der Waals surface area contributed by atoms with Crippen LogP contribution in [0.4, 0.5) is 18.9 Å². The first-order valence-corrected chi connectivity index (χ1v) is 8.54.